The van der Waals surface area contributed by atoms with E-state index in [2.05, 4.69) is 15.8 Å². The summed E-state index contributed by atoms with van der Waals surface area (Å²) >= 11 is 6.16. The van der Waals surface area contributed by atoms with Crippen LogP contribution in [-0.2, 0) is 19.6 Å². The lowest BCUT2D eigenvalue weighted by atomic mass is 10.2. The molecule has 4 rings (SSSR count). The van der Waals surface area contributed by atoms with Crippen LogP contribution in [0.4, 0.5) is 15.8 Å². The third-order valence-electron chi connectivity index (χ3n) is 6.12. The van der Waals surface area contributed by atoms with Crippen molar-refractivity contribution in [2.24, 2.45) is 5.10 Å². The lowest BCUT2D eigenvalue weighted by Gasteiger charge is -2.25. The summed E-state index contributed by atoms with van der Waals surface area (Å²) in [5.74, 6) is -1.06. The van der Waals surface area contributed by atoms with Crippen molar-refractivity contribution in [3.05, 3.63) is 119 Å². The molecule has 0 aliphatic rings. The standard InChI is InChI=1S/C31H28ClFN4O5S/c1-21-3-15-28(16-4-21)43(40,41)37(29-17-24(32)8-5-22(29)2)19-30(38)36-34-18-23-6-13-27(14-7-23)42-20-31(39)35-26-11-9-25(33)10-12-26/h3-18H,19-20H2,1-2H3,(H,35,39)(H,36,38)/b34-18-. The van der Waals surface area contributed by atoms with Gasteiger partial charge in [-0.2, -0.15) is 5.10 Å². The summed E-state index contributed by atoms with van der Waals surface area (Å²) in [6, 6.07) is 23.1. The number of rotatable bonds is 11. The predicted molar refractivity (Wildman–Crippen MR) is 165 cm³/mol. The number of nitrogens with one attached hydrogen (secondary N) is 2. The Morgan fingerprint density at radius 1 is 0.930 bits per heavy atom. The molecular formula is C31H28ClFN4O5S. The van der Waals surface area contributed by atoms with E-state index in [9.17, 15) is 22.4 Å². The first-order valence-electron chi connectivity index (χ1n) is 13.0. The summed E-state index contributed by atoms with van der Waals surface area (Å²) in [6.45, 7) is 2.78. The molecule has 222 valence electrons. The van der Waals surface area contributed by atoms with Gasteiger partial charge in [-0.1, -0.05) is 35.4 Å². The topological polar surface area (TPSA) is 117 Å². The number of amides is 2. The first kappa shape index (κ1) is 31.2. The number of carbonyl (C=O) groups is 2. The zero-order valence-corrected chi connectivity index (χ0v) is 24.8. The maximum Gasteiger partial charge on any atom is 0.264 e. The van der Waals surface area contributed by atoms with Crippen molar-refractivity contribution in [3.63, 3.8) is 0 Å². The Balaban J connectivity index is 1.37. The van der Waals surface area contributed by atoms with Crippen LogP contribution < -0.4 is 19.8 Å². The largest absolute Gasteiger partial charge is 0.484 e. The van der Waals surface area contributed by atoms with Crippen molar-refractivity contribution in [1.29, 1.82) is 0 Å². The summed E-state index contributed by atoms with van der Waals surface area (Å²) < 4.78 is 46.6. The van der Waals surface area contributed by atoms with Gasteiger partial charge in [-0.05, 0) is 97.8 Å². The van der Waals surface area contributed by atoms with Gasteiger partial charge in [0.1, 0.15) is 18.1 Å². The number of hydrazone groups is 1. The zero-order chi connectivity index (χ0) is 31.0. The van der Waals surface area contributed by atoms with Gasteiger partial charge in [0.05, 0.1) is 16.8 Å². The summed E-state index contributed by atoms with van der Waals surface area (Å²) in [4.78, 5) is 24.9. The van der Waals surface area contributed by atoms with E-state index in [0.717, 1.165) is 9.87 Å². The summed E-state index contributed by atoms with van der Waals surface area (Å²) in [7, 11) is -4.11. The number of halogens is 2. The molecule has 0 unspecified atom stereocenters. The van der Waals surface area contributed by atoms with Crippen molar-refractivity contribution in [1.82, 2.24) is 5.43 Å². The van der Waals surface area contributed by atoms with E-state index in [1.807, 2.05) is 6.92 Å². The van der Waals surface area contributed by atoms with E-state index >= 15 is 0 Å². The van der Waals surface area contributed by atoms with Crippen LogP contribution in [0.5, 0.6) is 5.75 Å². The normalized spacial score (nSPS) is 11.3. The fraction of sp³-hybridized carbons (Fsp3) is 0.129. The van der Waals surface area contributed by atoms with Crippen molar-refractivity contribution in [2.45, 2.75) is 18.7 Å². The molecule has 43 heavy (non-hydrogen) atoms. The molecule has 4 aromatic carbocycles. The lowest BCUT2D eigenvalue weighted by molar-refractivity contribution is -0.119. The molecule has 4 aromatic rings. The Hall–Kier alpha value is -4.74. The van der Waals surface area contributed by atoms with Gasteiger partial charge in [0, 0.05) is 10.7 Å². The van der Waals surface area contributed by atoms with Gasteiger partial charge < -0.3 is 10.1 Å². The van der Waals surface area contributed by atoms with Crippen molar-refractivity contribution < 1.29 is 27.1 Å². The van der Waals surface area contributed by atoms with Crippen LogP contribution in [0.2, 0.25) is 5.02 Å². The molecule has 9 nitrogen and oxygen atoms in total. The van der Waals surface area contributed by atoms with E-state index in [0.29, 0.717) is 27.6 Å². The molecule has 0 atom stereocenters. The second-order valence-electron chi connectivity index (χ2n) is 9.46. The van der Waals surface area contributed by atoms with Gasteiger partial charge in [0.2, 0.25) is 0 Å². The monoisotopic (exact) mass is 622 g/mol. The summed E-state index contributed by atoms with van der Waals surface area (Å²) in [6.07, 6.45) is 1.38. The van der Waals surface area contributed by atoms with Crippen LogP contribution >= 0.6 is 11.6 Å². The number of ether oxygens (including phenoxy) is 1. The zero-order valence-electron chi connectivity index (χ0n) is 23.3. The molecule has 12 heteroatoms. The maximum atomic E-state index is 13.6. The molecule has 0 aromatic heterocycles. The molecule has 0 spiro atoms. The highest BCUT2D eigenvalue weighted by Gasteiger charge is 2.28. The molecule has 0 saturated carbocycles. The second-order valence-corrected chi connectivity index (χ2v) is 11.8. The van der Waals surface area contributed by atoms with E-state index in [4.69, 9.17) is 16.3 Å². The van der Waals surface area contributed by atoms with Gasteiger partial charge in [0.25, 0.3) is 21.8 Å². The molecule has 0 bridgehead atoms. The summed E-state index contributed by atoms with van der Waals surface area (Å²) in [5.41, 5.74) is 5.20. The van der Waals surface area contributed by atoms with Gasteiger partial charge in [0.15, 0.2) is 6.61 Å². The third kappa shape index (κ3) is 8.63. The number of hydrogen-bond donors (Lipinski definition) is 2. The number of nitrogens with zero attached hydrogens (tertiary/aromatic N) is 2. The first-order valence-corrected chi connectivity index (χ1v) is 14.8. The highest BCUT2D eigenvalue weighted by molar-refractivity contribution is 7.92. The highest BCUT2D eigenvalue weighted by Crippen LogP contribution is 2.29. The minimum absolute atomic E-state index is 0.0315. The predicted octanol–water partition coefficient (Wildman–Crippen LogP) is 5.46. The van der Waals surface area contributed by atoms with E-state index < -0.39 is 34.2 Å². The second kappa shape index (κ2) is 14.0. The van der Waals surface area contributed by atoms with E-state index in [1.54, 1.807) is 55.5 Å². The quantitative estimate of drug-likeness (QED) is 0.170. The number of aryl methyl sites for hydroxylation is 2. The van der Waals surface area contributed by atoms with E-state index in [1.165, 1.54) is 48.7 Å². The Labute approximate surface area is 254 Å². The van der Waals surface area contributed by atoms with Crippen LogP contribution in [0.25, 0.3) is 0 Å². The molecule has 0 aliphatic carbocycles. The van der Waals surface area contributed by atoms with Crippen molar-refractivity contribution >= 4 is 51.0 Å². The van der Waals surface area contributed by atoms with Crippen LogP contribution in [-0.4, -0.2) is 39.6 Å². The number of benzene rings is 4. The van der Waals surface area contributed by atoms with Gasteiger partial charge >= 0.3 is 0 Å². The van der Waals surface area contributed by atoms with Gasteiger partial charge in [-0.25, -0.2) is 18.2 Å². The Kier molecular flexibility index (Phi) is 10.1. The van der Waals surface area contributed by atoms with Crippen molar-refractivity contribution in [2.75, 3.05) is 22.8 Å². The molecule has 2 amide bonds. The van der Waals surface area contributed by atoms with Crippen LogP contribution in [0, 0.1) is 19.7 Å². The average molecular weight is 623 g/mol. The minimum Gasteiger partial charge on any atom is -0.484 e. The van der Waals surface area contributed by atoms with E-state index in [-0.39, 0.29) is 17.2 Å². The first-order chi connectivity index (χ1) is 20.5. The number of hydrogen-bond acceptors (Lipinski definition) is 6. The van der Waals surface area contributed by atoms with Gasteiger partial charge in [-0.3, -0.25) is 13.9 Å². The number of carbonyl (C=O) groups excluding carboxylic acids is 2. The number of sulfonamides is 1. The molecule has 0 fully saturated rings. The molecule has 0 heterocycles. The SMILES string of the molecule is Cc1ccc(S(=O)(=O)N(CC(=O)N/N=C\c2ccc(OCC(=O)Nc3ccc(F)cc3)cc2)c2cc(Cl)ccc2C)cc1. The Morgan fingerprint density at radius 2 is 1.60 bits per heavy atom. The fourth-order valence-electron chi connectivity index (χ4n) is 3.86. The smallest absolute Gasteiger partial charge is 0.264 e. The van der Waals surface area contributed by atoms with Crippen LogP contribution in [0.15, 0.2) is 101 Å². The number of anilines is 2. The molecule has 0 radical (unpaired) electrons. The minimum atomic E-state index is -4.11. The molecule has 0 saturated heterocycles. The Morgan fingerprint density at radius 3 is 2.28 bits per heavy atom. The maximum absolute atomic E-state index is 13.6. The lowest BCUT2D eigenvalue weighted by Crippen LogP contribution is -2.40. The van der Waals surface area contributed by atoms with Crippen LogP contribution in [0.1, 0.15) is 16.7 Å². The van der Waals surface area contributed by atoms with Crippen molar-refractivity contribution in [3.8, 4) is 5.75 Å². The fourth-order valence-corrected chi connectivity index (χ4v) is 5.51. The molecular weight excluding hydrogens is 595 g/mol. The van der Waals surface area contributed by atoms with Gasteiger partial charge in [-0.15, -0.1) is 0 Å². The molecule has 2 N–H and O–H groups in total. The average Bonchev–Trinajstić information content (AvgIpc) is 2.98. The van der Waals surface area contributed by atoms with Crippen LogP contribution in [0.3, 0.4) is 0 Å². The third-order valence-corrected chi connectivity index (χ3v) is 8.13. The molecule has 0 aliphatic heterocycles. The highest BCUT2D eigenvalue weighted by atomic mass is 35.5. The summed E-state index contributed by atoms with van der Waals surface area (Å²) in [5, 5.41) is 6.87. The Bertz CT molecular complexity index is 1730.